The van der Waals surface area contributed by atoms with E-state index in [0.29, 0.717) is 0 Å². The smallest absolute Gasteiger partial charge is 0.119 e. The average Bonchev–Trinajstić information content (AvgIpc) is 2.38. The number of hydrogen-bond acceptors (Lipinski definition) is 2. The van der Waals surface area contributed by atoms with Crippen molar-refractivity contribution in [3.05, 3.63) is 64.1 Å². The van der Waals surface area contributed by atoms with Crippen molar-refractivity contribution in [1.29, 1.82) is 0 Å². The summed E-state index contributed by atoms with van der Waals surface area (Å²) in [6.45, 7) is 2.05. The van der Waals surface area contributed by atoms with E-state index in [4.69, 9.17) is 10.5 Å². The van der Waals surface area contributed by atoms with E-state index in [2.05, 4.69) is 28.1 Å². The molecule has 0 aliphatic heterocycles. The molecule has 0 aliphatic rings. The van der Waals surface area contributed by atoms with Gasteiger partial charge in [0.2, 0.25) is 0 Å². The quantitative estimate of drug-likeness (QED) is 0.928. The van der Waals surface area contributed by atoms with Crippen molar-refractivity contribution < 1.29 is 4.74 Å². The van der Waals surface area contributed by atoms with Crippen LogP contribution in [0.2, 0.25) is 0 Å². The highest BCUT2D eigenvalue weighted by molar-refractivity contribution is 9.10. The number of benzene rings is 2. The van der Waals surface area contributed by atoms with Gasteiger partial charge in [-0.3, -0.25) is 0 Å². The van der Waals surface area contributed by atoms with Gasteiger partial charge >= 0.3 is 0 Å². The van der Waals surface area contributed by atoms with Gasteiger partial charge in [-0.25, -0.2) is 0 Å². The van der Waals surface area contributed by atoms with E-state index in [1.807, 2.05) is 43.3 Å². The van der Waals surface area contributed by atoms with Gasteiger partial charge in [0, 0.05) is 10.0 Å². The van der Waals surface area contributed by atoms with Crippen LogP contribution in [-0.4, -0.2) is 7.11 Å². The zero-order valence-electron chi connectivity index (χ0n) is 11.2. The predicted octanol–water partition coefficient (Wildman–Crippen LogP) is 3.87. The molecule has 0 radical (unpaired) electrons. The van der Waals surface area contributed by atoms with Gasteiger partial charge in [0.05, 0.1) is 7.11 Å². The normalized spacial score (nSPS) is 13.9. The molecule has 2 aromatic rings. The van der Waals surface area contributed by atoms with Crippen molar-refractivity contribution in [2.75, 3.05) is 7.11 Å². The van der Waals surface area contributed by atoms with E-state index in [1.165, 1.54) is 5.56 Å². The van der Waals surface area contributed by atoms with E-state index in [9.17, 15) is 0 Å². The molecule has 100 valence electrons. The van der Waals surface area contributed by atoms with Crippen LogP contribution in [0.4, 0.5) is 0 Å². The van der Waals surface area contributed by atoms with Crippen LogP contribution in [0.3, 0.4) is 0 Å². The maximum absolute atomic E-state index is 6.49. The molecular formula is C16H18BrNO. The fraction of sp³-hybridized carbons (Fsp3) is 0.250. The molecule has 2 rings (SSSR count). The van der Waals surface area contributed by atoms with Gasteiger partial charge in [-0.15, -0.1) is 0 Å². The summed E-state index contributed by atoms with van der Waals surface area (Å²) in [7, 11) is 1.68. The molecule has 2 aromatic carbocycles. The minimum Gasteiger partial charge on any atom is -0.497 e. The standard InChI is InChI=1S/C16H18BrNO/c1-16(18,14-8-3-4-9-15(14)17)11-12-6-5-7-13(10-12)19-2/h3-10H,11,18H2,1-2H3. The van der Waals surface area contributed by atoms with Gasteiger partial charge in [0.1, 0.15) is 5.75 Å². The molecule has 2 nitrogen and oxygen atoms in total. The molecule has 0 aliphatic carbocycles. The minimum absolute atomic E-state index is 0.424. The third-order valence-corrected chi connectivity index (χ3v) is 3.89. The number of rotatable bonds is 4. The number of nitrogens with two attached hydrogens (primary N) is 1. The summed E-state index contributed by atoms with van der Waals surface area (Å²) in [5, 5.41) is 0. The lowest BCUT2D eigenvalue weighted by molar-refractivity contribution is 0.413. The van der Waals surface area contributed by atoms with Gasteiger partial charge in [0.25, 0.3) is 0 Å². The Labute approximate surface area is 122 Å². The van der Waals surface area contributed by atoms with E-state index in [0.717, 1.165) is 22.2 Å². The fourth-order valence-corrected chi connectivity index (χ4v) is 2.96. The fourth-order valence-electron chi connectivity index (χ4n) is 2.23. The molecule has 1 unspecified atom stereocenters. The predicted molar refractivity (Wildman–Crippen MR) is 82.4 cm³/mol. The second-order valence-electron chi connectivity index (χ2n) is 4.93. The molecule has 0 saturated carbocycles. The molecular weight excluding hydrogens is 302 g/mol. The average molecular weight is 320 g/mol. The van der Waals surface area contributed by atoms with E-state index < -0.39 is 5.54 Å². The molecule has 1 atom stereocenters. The molecule has 0 bridgehead atoms. The highest BCUT2D eigenvalue weighted by Crippen LogP contribution is 2.29. The molecule has 0 heterocycles. The van der Waals surface area contributed by atoms with Crippen molar-refractivity contribution in [2.24, 2.45) is 5.73 Å². The van der Waals surface area contributed by atoms with E-state index in [-0.39, 0.29) is 0 Å². The second-order valence-corrected chi connectivity index (χ2v) is 5.78. The Morgan fingerprint density at radius 1 is 1.16 bits per heavy atom. The van der Waals surface area contributed by atoms with Gasteiger partial charge in [-0.05, 0) is 42.7 Å². The maximum Gasteiger partial charge on any atom is 0.119 e. The van der Waals surface area contributed by atoms with E-state index >= 15 is 0 Å². The van der Waals surface area contributed by atoms with Crippen LogP contribution in [0.15, 0.2) is 53.0 Å². The summed E-state index contributed by atoms with van der Waals surface area (Å²) in [6.07, 6.45) is 0.757. The van der Waals surface area contributed by atoms with Crippen LogP contribution in [0.1, 0.15) is 18.1 Å². The largest absolute Gasteiger partial charge is 0.497 e. The summed E-state index contributed by atoms with van der Waals surface area (Å²) in [6, 6.07) is 16.1. The Morgan fingerprint density at radius 2 is 1.89 bits per heavy atom. The second kappa shape index (κ2) is 5.76. The zero-order valence-corrected chi connectivity index (χ0v) is 12.8. The molecule has 19 heavy (non-hydrogen) atoms. The van der Waals surface area contributed by atoms with Gasteiger partial charge < -0.3 is 10.5 Å². The number of methoxy groups -OCH3 is 1. The van der Waals surface area contributed by atoms with Crippen LogP contribution < -0.4 is 10.5 Å². The van der Waals surface area contributed by atoms with E-state index in [1.54, 1.807) is 7.11 Å². The summed E-state index contributed by atoms with van der Waals surface area (Å²) in [5.41, 5.74) is 8.34. The van der Waals surface area contributed by atoms with Crippen molar-refractivity contribution in [3.63, 3.8) is 0 Å². The summed E-state index contributed by atoms with van der Waals surface area (Å²) < 4.78 is 6.29. The van der Waals surface area contributed by atoms with Crippen LogP contribution in [-0.2, 0) is 12.0 Å². The highest BCUT2D eigenvalue weighted by Gasteiger charge is 2.23. The van der Waals surface area contributed by atoms with Gasteiger partial charge in [-0.2, -0.15) is 0 Å². The molecule has 0 fully saturated rings. The lowest BCUT2D eigenvalue weighted by atomic mass is 9.86. The molecule has 2 N–H and O–H groups in total. The highest BCUT2D eigenvalue weighted by atomic mass is 79.9. The Balaban J connectivity index is 2.28. The first-order valence-electron chi connectivity index (χ1n) is 6.20. The lowest BCUT2D eigenvalue weighted by Crippen LogP contribution is -2.35. The third-order valence-electron chi connectivity index (χ3n) is 3.19. The number of hydrogen-bond donors (Lipinski definition) is 1. The van der Waals surface area contributed by atoms with Crippen LogP contribution in [0, 0.1) is 0 Å². The first-order valence-corrected chi connectivity index (χ1v) is 6.99. The van der Waals surface area contributed by atoms with Crippen molar-refractivity contribution in [2.45, 2.75) is 18.9 Å². The Bertz CT molecular complexity index is 566. The monoisotopic (exact) mass is 319 g/mol. The SMILES string of the molecule is COc1cccc(CC(C)(N)c2ccccc2Br)c1. The molecule has 3 heteroatoms. The zero-order chi connectivity index (χ0) is 13.9. The minimum atomic E-state index is -0.424. The Hall–Kier alpha value is -1.32. The van der Waals surface area contributed by atoms with Crippen LogP contribution in [0.5, 0.6) is 5.75 Å². The summed E-state index contributed by atoms with van der Waals surface area (Å²) in [5.74, 6) is 0.862. The van der Waals surface area contributed by atoms with Crippen LogP contribution >= 0.6 is 15.9 Å². The summed E-state index contributed by atoms with van der Waals surface area (Å²) >= 11 is 3.57. The van der Waals surface area contributed by atoms with Crippen molar-refractivity contribution in [3.8, 4) is 5.75 Å². The van der Waals surface area contributed by atoms with Crippen LogP contribution in [0.25, 0.3) is 0 Å². The Morgan fingerprint density at radius 3 is 2.58 bits per heavy atom. The topological polar surface area (TPSA) is 35.2 Å². The molecule has 0 saturated heterocycles. The third kappa shape index (κ3) is 3.37. The molecule has 0 amide bonds. The lowest BCUT2D eigenvalue weighted by Gasteiger charge is -2.26. The summed E-state index contributed by atoms with van der Waals surface area (Å²) in [4.78, 5) is 0. The van der Waals surface area contributed by atoms with Crippen molar-refractivity contribution in [1.82, 2.24) is 0 Å². The number of ether oxygens (including phenoxy) is 1. The van der Waals surface area contributed by atoms with Gasteiger partial charge in [0.15, 0.2) is 0 Å². The molecule has 0 spiro atoms. The first kappa shape index (κ1) is 14.1. The molecule has 0 aromatic heterocycles. The number of halogens is 1. The van der Waals surface area contributed by atoms with Gasteiger partial charge in [-0.1, -0.05) is 46.3 Å². The van der Waals surface area contributed by atoms with Crippen molar-refractivity contribution >= 4 is 15.9 Å². The Kier molecular flexibility index (Phi) is 4.27. The first-order chi connectivity index (χ1) is 9.03. The maximum atomic E-state index is 6.49.